The van der Waals surface area contributed by atoms with Crippen LogP contribution in [0.1, 0.15) is 28.6 Å². The number of likely N-dealkylation sites (N-methyl/N-ethyl adjacent to an activating group) is 1. The highest BCUT2D eigenvalue weighted by Gasteiger charge is 2.26. The minimum atomic E-state index is 0.421. The predicted octanol–water partition coefficient (Wildman–Crippen LogP) is 2.40. The second kappa shape index (κ2) is 4.64. The summed E-state index contributed by atoms with van der Waals surface area (Å²) in [7, 11) is 2.20. The molecule has 3 heteroatoms. The molecule has 2 rings (SSSR count). The first kappa shape index (κ1) is 11.1. The van der Waals surface area contributed by atoms with Gasteiger partial charge in [-0.15, -0.1) is 11.3 Å². The van der Waals surface area contributed by atoms with Crippen molar-refractivity contribution in [2.24, 2.45) is 11.7 Å². The number of hydrogen-bond donors (Lipinski definition) is 1. The average Bonchev–Trinajstić information content (AvgIpc) is 2.90. The Bertz CT molecular complexity index is 317. The van der Waals surface area contributed by atoms with E-state index in [-0.39, 0.29) is 0 Å². The molecule has 1 aromatic rings. The van der Waals surface area contributed by atoms with Crippen LogP contribution in [0.2, 0.25) is 0 Å². The molecular weight excluding hydrogens is 204 g/mol. The zero-order valence-electron chi connectivity index (χ0n) is 9.57. The molecule has 1 aromatic heterocycles. The van der Waals surface area contributed by atoms with Crippen molar-refractivity contribution in [3.8, 4) is 0 Å². The van der Waals surface area contributed by atoms with E-state index < -0.39 is 0 Å². The van der Waals surface area contributed by atoms with Gasteiger partial charge in [0.25, 0.3) is 0 Å². The lowest BCUT2D eigenvalue weighted by Gasteiger charge is -2.25. The highest BCUT2D eigenvalue weighted by Crippen LogP contribution is 2.33. The number of thiophene rings is 1. The van der Waals surface area contributed by atoms with Crippen molar-refractivity contribution in [3.05, 3.63) is 21.9 Å². The minimum Gasteiger partial charge on any atom is -0.329 e. The van der Waals surface area contributed by atoms with E-state index in [2.05, 4.69) is 31.0 Å². The lowest BCUT2D eigenvalue weighted by atomic mass is 10.2. The minimum absolute atomic E-state index is 0.421. The quantitative estimate of drug-likeness (QED) is 0.832. The van der Waals surface area contributed by atoms with Crippen molar-refractivity contribution in [3.63, 3.8) is 0 Å². The summed E-state index contributed by atoms with van der Waals surface area (Å²) in [6, 6.07) is 4.83. The van der Waals surface area contributed by atoms with E-state index in [4.69, 9.17) is 5.73 Å². The van der Waals surface area contributed by atoms with E-state index >= 15 is 0 Å². The summed E-state index contributed by atoms with van der Waals surface area (Å²) in [6.07, 6.45) is 2.82. The Morgan fingerprint density at radius 2 is 2.27 bits per heavy atom. The monoisotopic (exact) mass is 224 g/mol. The highest BCUT2D eigenvalue weighted by molar-refractivity contribution is 7.12. The van der Waals surface area contributed by atoms with Crippen LogP contribution in [-0.2, 0) is 0 Å². The largest absolute Gasteiger partial charge is 0.329 e. The van der Waals surface area contributed by atoms with Gasteiger partial charge >= 0.3 is 0 Å². The van der Waals surface area contributed by atoms with Crippen LogP contribution in [0.15, 0.2) is 12.1 Å². The van der Waals surface area contributed by atoms with Crippen LogP contribution < -0.4 is 5.73 Å². The molecule has 0 saturated heterocycles. The van der Waals surface area contributed by atoms with Gasteiger partial charge in [-0.05, 0) is 44.9 Å². The maximum atomic E-state index is 5.88. The molecule has 0 aliphatic heterocycles. The summed E-state index contributed by atoms with van der Waals surface area (Å²) in [5.41, 5.74) is 5.88. The van der Waals surface area contributed by atoms with Crippen LogP contribution >= 0.6 is 11.3 Å². The van der Waals surface area contributed by atoms with Crippen molar-refractivity contribution in [1.82, 2.24) is 4.90 Å². The Balaban J connectivity index is 2.01. The number of aryl methyl sites for hydroxylation is 1. The van der Waals surface area contributed by atoms with E-state index in [0.717, 1.165) is 12.5 Å². The fraction of sp³-hybridized carbons (Fsp3) is 0.667. The van der Waals surface area contributed by atoms with E-state index in [9.17, 15) is 0 Å². The van der Waals surface area contributed by atoms with Crippen molar-refractivity contribution in [2.75, 3.05) is 20.1 Å². The summed E-state index contributed by atoms with van der Waals surface area (Å²) in [5, 5.41) is 0. The standard InChI is InChI=1S/C12H20N2S/c1-9-3-6-12(15-9)11(7-13)14(2)8-10-4-5-10/h3,6,10-11H,4-5,7-8,13H2,1-2H3. The van der Waals surface area contributed by atoms with Crippen LogP contribution in [0.3, 0.4) is 0 Å². The highest BCUT2D eigenvalue weighted by atomic mass is 32.1. The zero-order chi connectivity index (χ0) is 10.8. The molecule has 1 aliphatic carbocycles. The third-order valence-corrected chi connectivity index (χ3v) is 4.19. The van der Waals surface area contributed by atoms with Gasteiger partial charge in [0.15, 0.2) is 0 Å². The first-order valence-electron chi connectivity index (χ1n) is 5.67. The second-order valence-electron chi connectivity index (χ2n) is 4.58. The Kier molecular flexibility index (Phi) is 3.44. The Labute approximate surface area is 96.1 Å². The van der Waals surface area contributed by atoms with Gasteiger partial charge in [-0.2, -0.15) is 0 Å². The molecule has 15 heavy (non-hydrogen) atoms. The molecule has 1 aliphatic rings. The lowest BCUT2D eigenvalue weighted by molar-refractivity contribution is 0.243. The van der Waals surface area contributed by atoms with Crippen LogP contribution in [-0.4, -0.2) is 25.0 Å². The van der Waals surface area contributed by atoms with Crippen LogP contribution in [0.4, 0.5) is 0 Å². The van der Waals surface area contributed by atoms with E-state index in [1.807, 2.05) is 11.3 Å². The van der Waals surface area contributed by atoms with Crippen molar-refractivity contribution in [2.45, 2.75) is 25.8 Å². The molecule has 0 aromatic carbocycles. The Hall–Kier alpha value is -0.380. The van der Waals surface area contributed by atoms with Crippen molar-refractivity contribution < 1.29 is 0 Å². The third-order valence-electron chi connectivity index (χ3n) is 3.09. The van der Waals surface area contributed by atoms with E-state index in [1.165, 1.54) is 29.1 Å². The second-order valence-corrected chi connectivity index (χ2v) is 5.90. The van der Waals surface area contributed by atoms with E-state index in [0.29, 0.717) is 6.04 Å². The maximum absolute atomic E-state index is 5.88. The smallest absolute Gasteiger partial charge is 0.0562 e. The maximum Gasteiger partial charge on any atom is 0.0562 e. The zero-order valence-corrected chi connectivity index (χ0v) is 10.4. The van der Waals surface area contributed by atoms with Crippen LogP contribution in [0, 0.1) is 12.8 Å². The summed E-state index contributed by atoms with van der Waals surface area (Å²) < 4.78 is 0. The first-order valence-corrected chi connectivity index (χ1v) is 6.49. The first-order chi connectivity index (χ1) is 7.20. The molecule has 0 amide bonds. The molecule has 0 spiro atoms. The lowest BCUT2D eigenvalue weighted by Crippen LogP contribution is -2.31. The normalized spacial score (nSPS) is 18.4. The van der Waals surface area contributed by atoms with Gasteiger partial charge in [-0.25, -0.2) is 0 Å². The SMILES string of the molecule is Cc1ccc(C(CN)N(C)CC2CC2)s1. The molecule has 1 saturated carbocycles. The predicted molar refractivity (Wildman–Crippen MR) is 66.2 cm³/mol. The molecule has 0 radical (unpaired) electrons. The van der Waals surface area contributed by atoms with Gasteiger partial charge < -0.3 is 5.73 Å². The molecule has 2 N–H and O–H groups in total. The number of nitrogens with two attached hydrogens (primary N) is 1. The number of rotatable bonds is 5. The molecule has 0 bridgehead atoms. The molecular formula is C12H20N2S. The topological polar surface area (TPSA) is 29.3 Å². The molecule has 1 heterocycles. The van der Waals surface area contributed by atoms with Gasteiger partial charge in [-0.3, -0.25) is 4.90 Å². The third kappa shape index (κ3) is 2.80. The number of nitrogens with zero attached hydrogens (tertiary/aromatic N) is 1. The fourth-order valence-corrected chi connectivity index (χ4v) is 3.04. The molecule has 1 unspecified atom stereocenters. The summed E-state index contributed by atoms with van der Waals surface area (Å²) in [6.45, 7) is 4.09. The summed E-state index contributed by atoms with van der Waals surface area (Å²) in [5.74, 6) is 0.935. The molecule has 1 fully saturated rings. The van der Waals surface area contributed by atoms with Gasteiger partial charge in [0, 0.05) is 22.8 Å². The van der Waals surface area contributed by atoms with Crippen LogP contribution in [0.25, 0.3) is 0 Å². The summed E-state index contributed by atoms with van der Waals surface area (Å²) >= 11 is 1.87. The number of hydrogen-bond acceptors (Lipinski definition) is 3. The fourth-order valence-electron chi connectivity index (χ4n) is 1.98. The molecule has 2 nitrogen and oxygen atoms in total. The van der Waals surface area contributed by atoms with Crippen molar-refractivity contribution in [1.29, 1.82) is 0 Å². The van der Waals surface area contributed by atoms with Gasteiger partial charge in [0.05, 0.1) is 6.04 Å². The van der Waals surface area contributed by atoms with Gasteiger partial charge in [0.1, 0.15) is 0 Å². The Morgan fingerprint density at radius 3 is 2.73 bits per heavy atom. The Morgan fingerprint density at radius 1 is 1.53 bits per heavy atom. The van der Waals surface area contributed by atoms with Crippen LogP contribution in [0.5, 0.6) is 0 Å². The molecule has 84 valence electrons. The van der Waals surface area contributed by atoms with E-state index in [1.54, 1.807) is 0 Å². The van der Waals surface area contributed by atoms with Gasteiger partial charge in [-0.1, -0.05) is 0 Å². The van der Waals surface area contributed by atoms with Crippen molar-refractivity contribution >= 4 is 11.3 Å². The average molecular weight is 224 g/mol. The molecule has 1 atom stereocenters. The summed E-state index contributed by atoms with van der Waals surface area (Å²) in [4.78, 5) is 5.21. The van der Waals surface area contributed by atoms with Gasteiger partial charge in [0.2, 0.25) is 0 Å².